The smallest absolute Gasteiger partial charge is 0.124 e. The number of nitrogen functional groups attached to an aromatic ring is 1. The lowest BCUT2D eigenvalue weighted by atomic mass is 10.0. The number of hydrogen-bond donors (Lipinski definition) is 2. The number of amidine groups is 1. The molecule has 2 heteroatoms. The Morgan fingerprint density at radius 3 is 2.77 bits per heavy atom. The lowest BCUT2D eigenvalue weighted by Gasteiger charge is -2.02. The lowest BCUT2D eigenvalue weighted by molar-refractivity contribution is 1.44. The fourth-order valence-corrected chi connectivity index (χ4v) is 1.39. The van der Waals surface area contributed by atoms with E-state index in [9.17, 15) is 0 Å². The quantitative estimate of drug-likeness (QED) is 0.497. The van der Waals surface area contributed by atoms with Crippen molar-refractivity contribution in [3.63, 3.8) is 0 Å². The molecule has 0 bridgehead atoms. The van der Waals surface area contributed by atoms with Crippen LogP contribution in [0.3, 0.4) is 0 Å². The Balaban J connectivity index is 2.83. The molecule has 0 spiro atoms. The van der Waals surface area contributed by atoms with Crippen molar-refractivity contribution in [1.82, 2.24) is 0 Å². The van der Waals surface area contributed by atoms with Crippen LogP contribution in [0.1, 0.15) is 5.56 Å². The Bertz CT molecular complexity index is 455. The van der Waals surface area contributed by atoms with Crippen molar-refractivity contribution in [3.05, 3.63) is 48.0 Å². The van der Waals surface area contributed by atoms with Gasteiger partial charge in [0.15, 0.2) is 0 Å². The molecule has 0 amide bonds. The van der Waals surface area contributed by atoms with Crippen LogP contribution in [0.2, 0.25) is 0 Å². The first kappa shape index (κ1) is 7.80. The van der Waals surface area contributed by atoms with Crippen LogP contribution in [0.5, 0.6) is 0 Å². The second kappa shape index (κ2) is 2.90. The molecule has 0 saturated heterocycles. The van der Waals surface area contributed by atoms with Crippen LogP contribution in [0.15, 0.2) is 36.4 Å². The van der Waals surface area contributed by atoms with Crippen molar-refractivity contribution in [2.75, 3.05) is 0 Å². The molecule has 0 fully saturated rings. The summed E-state index contributed by atoms with van der Waals surface area (Å²) in [6.45, 7) is 0. The molecule has 0 aromatic heterocycles. The Morgan fingerprint density at radius 2 is 2.00 bits per heavy atom. The fraction of sp³-hybridized carbons (Fsp3) is 0. The molecule has 2 aromatic rings. The van der Waals surface area contributed by atoms with E-state index in [2.05, 4.69) is 6.07 Å². The van der Waals surface area contributed by atoms with Gasteiger partial charge in [-0.15, -0.1) is 0 Å². The van der Waals surface area contributed by atoms with Gasteiger partial charge in [-0.1, -0.05) is 36.4 Å². The number of nitrogens with one attached hydrogen (secondary N) is 1. The molecule has 2 nitrogen and oxygen atoms in total. The fourth-order valence-electron chi connectivity index (χ4n) is 1.39. The van der Waals surface area contributed by atoms with Crippen LogP contribution in [0.4, 0.5) is 0 Å². The molecule has 2 rings (SSSR count). The van der Waals surface area contributed by atoms with Crippen LogP contribution in [0.25, 0.3) is 10.8 Å². The maximum Gasteiger partial charge on any atom is 0.124 e. The first-order valence-corrected chi connectivity index (χ1v) is 4.03. The topological polar surface area (TPSA) is 49.9 Å². The zero-order valence-electron chi connectivity index (χ0n) is 7.04. The van der Waals surface area contributed by atoms with Crippen LogP contribution >= 0.6 is 0 Å². The molecule has 0 aliphatic heterocycles. The first-order chi connectivity index (χ1) is 6.29. The molecule has 63 valence electrons. The van der Waals surface area contributed by atoms with Gasteiger partial charge < -0.3 is 5.73 Å². The molecule has 3 N–H and O–H groups in total. The van der Waals surface area contributed by atoms with E-state index >= 15 is 0 Å². The molecule has 0 unspecified atom stereocenters. The van der Waals surface area contributed by atoms with Gasteiger partial charge >= 0.3 is 0 Å². The zero-order valence-corrected chi connectivity index (χ0v) is 7.04. The Labute approximate surface area is 76.5 Å². The highest BCUT2D eigenvalue weighted by molar-refractivity contribution is 6.07. The highest BCUT2D eigenvalue weighted by Crippen LogP contribution is 2.16. The van der Waals surface area contributed by atoms with E-state index in [1.807, 2.05) is 30.3 Å². The Hall–Kier alpha value is -1.83. The van der Waals surface area contributed by atoms with Crippen molar-refractivity contribution in [1.29, 1.82) is 5.41 Å². The Kier molecular flexibility index (Phi) is 1.74. The minimum Gasteiger partial charge on any atom is -0.384 e. The average molecular weight is 169 g/mol. The van der Waals surface area contributed by atoms with Crippen molar-refractivity contribution in [2.24, 2.45) is 5.73 Å². The molecule has 2 aromatic carbocycles. The molecule has 0 aliphatic rings. The van der Waals surface area contributed by atoms with Crippen molar-refractivity contribution >= 4 is 16.6 Å². The second-order valence-corrected chi connectivity index (χ2v) is 2.85. The van der Waals surface area contributed by atoms with Gasteiger partial charge in [-0.3, -0.25) is 5.41 Å². The second-order valence-electron chi connectivity index (χ2n) is 2.85. The van der Waals surface area contributed by atoms with E-state index in [-0.39, 0.29) is 5.84 Å². The third-order valence-electron chi connectivity index (χ3n) is 1.99. The van der Waals surface area contributed by atoms with Gasteiger partial charge in [-0.05, 0) is 16.8 Å². The van der Waals surface area contributed by atoms with E-state index < -0.39 is 0 Å². The van der Waals surface area contributed by atoms with E-state index in [0.717, 1.165) is 10.8 Å². The van der Waals surface area contributed by atoms with Gasteiger partial charge in [0.05, 0.1) is 0 Å². The van der Waals surface area contributed by atoms with E-state index in [1.165, 1.54) is 0 Å². The van der Waals surface area contributed by atoms with E-state index in [4.69, 9.17) is 11.1 Å². The van der Waals surface area contributed by atoms with Crippen LogP contribution < -0.4 is 5.73 Å². The number of fused-ring (bicyclic) bond motifs is 1. The monoisotopic (exact) mass is 169 g/mol. The minimum atomic E-state index is 0.0665. The maximum atomic E-state index is 7.36. The SMILES string of the molecule is N=C(N)c1[c]ccc2ccccc12. The van der Waals surface area contributed by atoms with Gasteiger partial charge in [0, 0.05) is 5.56 Å². The summed E-state index contributed by atoms with van der Waals surface area (Å²) in [5.41, 5.74) is 6.11. The number of benzene rings is 2. The predicted molar refractivity (Wildman–Crippen MR) is 53.8 cm³/mol. The summed E-state index contributed by atoms with van der Waals surface area (Å²) in [7, 11) is 0. The third-order valence-corrected chi connectivity index (χ3v) is 1.99. The lowest BCUT2D eigenvalue weighted by Crippen LogP contribution is -2.11. The molecule has 0 aliphatic carbocycles. The number of nitrogens with two attached hydrogens (primary N) is 1. The number of rotatable bonds is 1. The summed E-state index contributed by atoms with van der Waals surface area (Å²) in [6.07, 6.45) is 0. The summed E-state index contributed by atoms with van der Waals surface area (Å²) in [6, 6.07) is 14.6. The summed E-state index contributed by atoms with van der Waals surface area (Å²) < 4.78 is 0. The van der Waals surface area contributed by atoms with Crippen molar-refractivity contribution < 1.29 is 0 Å². The molecule has 1 radical (unpaired) electrons. The standard InChI is InChI=1S/C11H9N2/c12-11(13)10-7-3-5-8-4-1-2-6-9(8)10/h1-6H,(H3,12,13). The summed E-state index contributed by atoms with van der Waals surface area (Å²) in [4.78, 5) is 0. The maximum absolute atomic E-state index is 7.36. The predicted octanol–water partition coefficient (Wildman–Crippen LogP) is 1.92. The highest BCUT2D eigenvalue weighted by atomic mass is 14.7. The normalized spacial score (nSPS) is 10.2. The van der Waals surface area contributed by atoms with Crippen molar-refractivity contribution in [2.45, 2.75) is 0 Å². The molecular weight excluding hydrogens is 160 g/mol. The summed E-state index contributed by atoms with van der Waals surface area (Å²) in [5, 5.41) is 9.44. The van der Waals surface area contributed by atoms with Crippen LogP contribution in [-0.4, -0.2) is 5.84 Å². The van der Waals surface area contributed by atoms with Gasteiger partial charge in [0.2, 0.25) is 0 Å². The highest BCUT2D eigenvalue weighted by Gasteiger charge is 2.01. The minimum absolute atomic E-state index is 0.0665. The largest absolute Gasteiger partial charge is 0.384 e. The molecule has 13 heavy (non-hydrogen) atoms. The molecule has 0 atom stereocenters. The van der Waals surface area contributed by atoms with Gasteiger partial charge in [-0.25, -0.2) is 0 Å². The van der Waals surface area contributed by atoms with Gasteiger partial charge in [0.25, 0.3) is 0 Å². The van der Waals surface area contributed by atoms with E-state index in [0.29, 0.717) is 5.56 Å². The van der Waals surface area contributed by atoms with Crippen LogP contribution in [0, 0.1) is 11.5 Å². The summed E-state index contributed by atoms with van der Waals surface area (Å²) in [5.74, 6) is 0.0665. The molecule has 0 heterocycles. The third kappa shape index (κ3) is 1.26. The zero-order chi connectivity index (χ0) is 9.26. The Morgan fingerprint density at radius 1 is 1.23 bits per heavy atom. The molecule has 0 saturated carbocycles. The van der Waals surface area contributed by atoms with Gasteiger partial charge in [-0.2, -0.15) is 0 Å². The van der Waals surface area contributed by atoms with E-state index in [1.54, 1.807) is 6.07 Å². The summed E-state index contributed by atoms with van der Waals surface area (Å²) >= 11 is 0. The number of hydrogen-bond acceptors (Lipinski definition) is 1. The van der Waals surface area contributed by atoms with Crippen molar-refractivity contribution in [3.8, 4) is 0 Å². The van der Waals surface area contributed by atoms with Gasteiger partial charge in [0.1, 0.15) is 5.84 Å². The average Bonchev–Trinajstić information content (AvgIpc) is 2.17. The molecular formula is C11H9N2. The van der Waals surface area contributed by atoms with Crippen LogP contribution in [-0.2, 0) is 0 Å². The first-order valence-electron chi connectivity index (χ1n) is 4.03.